The number of fused-ring (bicyclic) bond motifs is 2. The molecule has 5 heteroatoms. The van der Waals surface area contributed by atoms with Gasteiger partial charge in [-0.3, -0.25) is 0 Å². The topological polar surface area (TPSA) is 70.8 Å². The molecule has 0 amide bonds. The fourth-order valence-electron chi connectivity index (χ4n) is 4.20. The summed E-state index contributed by atoms with van der Waals surface area (Å²) in [7, 11) is 2.19. The van der Waals surface area contributed by atoms with Crippen LogP contribution in [0.4, 0.5) is 0 Å². The summed E-state index contributed by atoms with van der Waals surface area (Å²) in [6.45, 7) is 2.38. The normalized spacial score (nSPS) is 17.0. The van der Waals surface area contributed by atoms with Gasteiger partial charge >= 0.3 is 0 Å². The number of hydrogen-bond donors (Lipinski definition) is 2. The minimum Gasteiger partial charge on any atom is -0.361 e. The summed E-state index contributed by atoms with van der Waals surface area (Å²) in [6, 6.07) is 19.5. The molecule has 1 aliphatic rings. The Balaban J connectivity index is 1.54. The monoisotopic (exact) mass is 369 g/mol. The van der Waals surface area contributed by atoms with Crippen LogP contribution in [0.15, 0.2) is 60.8 Å². The first-order valence-electron chi connectivity index (χ1n) is 9.63. The molecule has 2 aromatic carbocycles. The molecular weight excluding hydrogens is 346 g/mol. The van der Waals surface area contributed by atoms with Gasteiger partial charge in [-0.2, -0.15) is 10.2 Å². The van der Waals surface area contributed by atoms with Gasteiger partial charge in [0.05, 0.1) is 11.4 Å². The molecule has 5 rings (SSSR count). The van der Waals surface area contributed by atoms with E-state index < -0.39 is 0 Å². The summed E-state index contributed by atoms with van der Waals surface area (Å²) in [4.78, 5) is 5.67. The van der Waals surface area contributed by atoms with Gasteiger partial charge in [0, 0.05) is 42.8 Å². The van der Waals surface area contributed by atoms with Gasteiger partial charge in [0.1, 0.15) is 0 Å². The predicted octanol–water partition coefficient (Wildman–Crippen LogP) is 3.66. The second-order valence-corrected chi connectivity index (χ2v) is 7.60. The molecular formula is C23H23N5. The zero-order chi connectivity index (χ0) is 19.1. The Morgan fingerprint density at radius 1 is 1.07 bits per heavy atom. The summed E-state index contributed by atoms with van der Waals surface area (Å²) in [5.41, 5.74) is 13.7. The second kappa shape index (κ2) is 6.86. The lowest BCUT2D eigenvalue weighted by molar-refractivity contribution is 0.295. The number of benzene rings is 2. The highest BCUT2D eigenvalue weighted by Crippen LogP contribution is 2.36. The Morgan fingerprint density at radius 2 is 2.00 bits per heavy atom. The second-order valence-electron chi connectivity index (χ2n) is 7.60. The van der Waals surface area contributed by atoms with Crippen LogP contribution in [-0.4, -0.2) is 33.7 Å². The molecule has 0 spiro atoms. The van der Waals surface area contributed by atoms with E-state index in [1.807, 2.05) is 18.3 Å². The maximum absolute atomic E-state index is 5.63. The molecule has 3 N–H and O–H groups in total. The molecule has 4 aromatic rings. The van der Waals surface area contributed by atoms with Gasteiger partial charge in [-0.05, 0) is 65.5 Å². The van der Waals surface area contributed by atoms with Crippen molar-refractivity contribution in [3.05, 3.63) is 83.2 Å². The van der Waals surface area contributed by atoms with Crippen LogP contribution in [-0.2, 0) is 13.1 Å². The zero-order valence-corrected chi connectivity index (χ0v) is 15.9. The molecule has 2 aromatic heterocycles. The molecule has 0 aliphatic carbocycles. The van der Waals surface area contributed by atoms with Crippen LogP contribution in [0.5, 0.6) is 0 Å². The third kappa shape index (κ3) is 2.99. The van der Waals surface area contributed by atoms with E-state index >= 15 is 0 Å². The summed E-state index contributed by atoms with van der Waals surface area (Å²) in [5.74, 6) is 0.368. The molecule has 28 heavy (non-hydrogen) atoms. The number of likely N-dealkylation sites (N-methyl/N-ethyl adjacent to an activating group) is 1. The van der Waals surface area contributed by atoms with Gasteiger partial charge in [-0.25, -0.2) is 0 Å². The van der Waals surface area contributed by atoms with E-state index in [0.717, 1.165) is 30.0 Å². The van der Waals surface area contributed by atoms with E-state index in [9.17, 15) is 0 Å². The number of aromatic nitrogens is 3. The first kappa shape index (κ1) is 17.1. The minimum atomic E-state index is 0.368. The van der Waals surface area contributed by atoms with Crippen molar-refractivity contribution >= 4 is 10.9 Å². The van der Waals surface area contributed by atoms with Crippen LogP contribution in [0.25, 0.3) is 22.2 Å². The highest BCUT2D eigenvalue weighted by atomic mass is 15.1. The number of nitrogens with two attached hydrogens (primary N) is 1. The van der Waals surface area contributed by atoms with Crippen molar-refractivity contribution in [1.29, 1.82) is 0 Å². The van der Waals surface area contributed by atoms with E-state index in [-0.39, 0.29) is 0 Å². The summed E-state index contributed by atoms with van der Waals surface area (Å²) >= 11 is 0. The van der Waals surface area contributed by atoms with E-state index in [1.165, 1.54) is 27.6 Å². The maximum Gasteiger partial charge on any atom is 0.0929 e. The van der Waals surface area contributed by atoms with Crippen molar-refractivity contribution in [2.75, 3.05) is 13.6 Å². The van der Waals surface area contributed by atoms with Gasteiger partial charge in [0.2, 0.25) is 0 Å². The lowest BCUT2D eigenvalue weighted by Gasteiger charge is -2.33. The first-order valence-corrected chi connectivity index (χ1v) is 9.63. The van der Waals surface area contributed by atoms with E-state index in [4.69, 9.17) is 5.73 Å². The number of aromatic amines is 1. The Bertz CT molecular complexity index is 1130. The van der Waals surface area contributed by atoms with Crippen LogP contribution < -0.4 is 5.73 Å². The average molecular weight is 369 g/mol. The number of nitrogens with zero attached hydrogens (tertiary/aromatic N) is 3. The molecule has 1 aliphatic heterocycles. The van der Waals surface area contributed by atoms with Gasteiger partial charge in [-0.15, -0.1) is 0 Å². The van der Waals surface area contributed by atoms with Crippen LogP contribution in [0, 0.1) is 0 Å². The molecule has 1 atom stereocenters. The highest BCUT2D eigenvalue weighted by molar-refractivity contribution is 5.80. The van der Waals surface area contributed by atoms with Crippen molar-refractivity contribution in [2.45, 2.75) is 19.0 Å². The average Bonchev–Trinajstić information content (AvgIpc) is 3.20. The highest BCUT2D eigenvalue weighted by Gasteiger charge is 2.25. The SMILES string of the molecule is CN1Cc2cc(-c3ccc(CN)nn3)ccc2C(c2ccc3[nH]ccc3c2)C1. The van der Waals surface area contributed by atoms with Gasteiger partial charge < -0.3 is 15.6 Å². The fraction of sp³-hybridized carbons (Fsp3) is 0.217. The number of nitrogens with one attached hydrogen (secondary N) is 1. The summed E-state index contributed by atoms with van der Waals surface area (Å²) in [5, 5.41) is 9.81. The molecule has 0 bridgehead atoms. The lowest BCUT2D eigenvalue weighted by Crippen LogP contribution is -2.31. The van der Waals surface area contributed by atoms with E-state index in [1.54, 1.807) is 0 Å². The van der Waals surface area contributed by atoms with Gasteiger partial charge in [-0.1, -0.05) is 18.2 Å². The smallest absolute Gasteiger partial charge is 0.0929 e. The minimum absolute atomic E-state index is 0.368. The lowest BCUT2D eigenvalue weighted by atomic mass is 9.83. The Labute approximate surface area is 164 Å². The number of hydrogen-bond acceptors (Lipinski definition) is 4. The van der Waals surface area contributed by atoms with Crippen molar-refractivity contribution in [2.24, 2.45) is 5.73 Å². The van der Waals surface area contributed by atoms with Crippen LogP contribution >= 0.6 is 0 Å². The molecule has 5 nitrogen and oxygen atoms in total. The van der Waals surface area contributed by atoms with E-state index in [2.05, 4.69) is 69.6 Å². The third-order valence-electron chi connectivity index (χ3n) is 5.66. The molecule has 3 heterocycles. The van der Waals surface area contributed by atoms with Gasteiger partial charge in [0.15, 0.2) is 0 Å². The van der Waals surface area contributed by atoms with Crippen LogP contribution in [0.1, 0.15) is 28.3 Å². The Morgan fingerprint density at radius 3 is 2.82 bits per heavy atom. The standard InChI is InChI=1S/C23H23N5/c1-28-13-18-11-16(23-7-4-19(12-24)26-27-23)2-5-20(18)21(14-28)15-3-6-22-17(10-15)8-9-25-22/h2-11,21,25H,12-14,24H2,1H3. The molecule has 140 valence electrons. The van der Waals surface area contributed by atoms with Crippen molar-refractivity contribution in [1.82, 2.24) is 20.1 Å². The summed E-state index contributed by atoms with van der Waals surface area (Å²) < 4.78 is 0. The quantitative estimate of drug-likeness (QED) is 0.578. The largest absolute Gasteiger partial charge is 0.361 e. The van der Waals surface area contributed by atoms with Gasteiger partial charge in [0.25, 0.3) is 0 Å². The Kier molecular flexibility index (Phi) is 4.19. The van der Waals surface area contributed by atoms with Crippen molar-refractivity contribution in [3.63, 3.8) is 0 Å². The van der Waals surface area contributed by atoms with Crippen LogP contribution in [0.3, 0.4) is 0 Å². The third-order valence-corrected chi connectivity index (χ3v) is 5.66. The molecule has 0 fully saturated rings. The van der Waals surface area contributed by atoms with Crippen LogP contribution in [0.2, 0.25) is 0 Å². The van der Waals surface area contributed by atoms with Crippen molar-refractivity contribution in [3.8, 4) is 11.3 Å². The molecule has 0 saturated heterocycles. The fourth-order valence-corrected chi connectivity index (χ4v) is 4.20. The van der Waals surface area contributed by atoms with Crippen molar-refractivity contribution < 1.29 is 0 Å². The first-order chi connectivity index (χ1) is 13.7. The zero-order valence-electron chi connectivity index (χ0n) is 15.9. The molecule has 0 saturated carbocycles. The molecule has 0 radical (unpaired) electrons. The number of H-pyrrole nitrogens is 1. The molecule has 1 unspecified atom stereocenters. The van der Waals surface area contributed by atoms with E-state index in [0.29, 0.717) is 12.5 Å². The number of rotatable bonds is 3. The predicted molar refractivity (Wildman–Crippen MR) is 112 cm³/mol. The maximum atomic E-state index is 5.63. The Hall–Kier alpha value is -3.02. The summed E-state index contributed by atoms with van der Waals surface area (Å²) in [6.07, 6.45) is 2.00.